The van der Waals surface area contributed by atoms with Crippen molar-refractivity contribution in [3.63, 3.8) is 0 Å². The molecule has 5 heteroatoms. The standard InChI is InChI=1S/C17H24N4O/c1-3-8-18-16(22)13-5-4-9-21(11-13)17-19-14-7-6-12(2)10-15(14)20-17/h6-7,10,13H,3-5,8-9,11H2,1-2H3,(H,18,22)(H,19,20). The second kappa shape index (κ2) is 6.38. The molecule has 2 aromatic rings. The van der Waals surface area contributed by atoms with Crippen molar-refractivity contribution in [2.24, 2.45) is 5.92 Å². The molecule has 22 heavy (non-hydrogen) atoms. The van der Waals surface area contributed by atoms with Crippen LogP contribution in [-0.2, 0) is 4.79 Å². The van der Waals surface area contributed by atoms with E-state index in [-0.39, 0.29) is 11.8 Å². The lowest BCUT2D eigenvalue weighted by Gasteiger charge is -2.31. The maximum absolute atomic E-state index is 12.2. The molecule has 3 rings (SSSR count). The summed E-state index contributed by atoms with van der Waals surface area (Å²) >= 11 is 0. The summed E-state index contributed by atoms with van der Waals surface area (Å²) in [6, 6.07) is 6.23. The van der Waals surface area contributed by atoms with Gasteiger partial charge in [-0.05, 0) is 43.9 Å². The number of nitrogens with zero attached hydrogens (tertiary/aromatic N) is 2. The molecule has 1 atom stereocenters. The predicted octanol–water partition coefficient (Wildman–Crippen LogP) is 2.61. The zero-order valence-corrected chi connectivity index (χ0v) is 13.4. The number of anilines is 1. The Morgan fingerprint density at radius 2 is 2.36 bits per heavy atom. The normalized spacial score (nSPS) is 18.6. The van der Waals surface area contributed by atoms with Crippen molar-refractivity contribution < 1.29 is 4.79 Å². The highest BCUT2D eigenvalue weighted by Gasteiger charge is 2.27. The third kappa shape index (κ3) is 3.08. The van der Waals surface area contributed by atoms with Gasteiger partial charge in [0.1, 0.15) is 0 Å². The van der Waals surface area contributed by atoms with Gasteiger partial charge in [-0.2, -0.15) is 0 Å². The number of fused-ring (bicyclic) bond motifs is 1. The van der Waals surface area contributed by atoms with E-state index in [4.69, 9.17) is 0 Å². The first-order valence-electron chi connectivity index (χ1n) is 8.16. The van der Waals surface area contributed by atoms with Crippen LogP contribution in [0.15, 0.2) is 18.2 Å². The van der Waals surface area contributed by atoms with Crippen molar-refractivity contribution in [1.82, 2.24) is 15.3 Å². The monoisotopic (exact) mass is 300 g/mol. The van der Waals surface area contributed by atoms with Crippen LogP contribution in [-0.4, -0.2) is 35.5 Å². The minimum absolute atomic E-state index is 0.0650. The van der Waals surface area contributed by atoms with Crippen molar-refractivity contribution in [2.45, 2.75) is 33.1 Å². The van der Waals surface area contributed by atoms with Gasteiger partial charge < -0.3 is 15.2 Å². The number of nitrogens with one attached hydrogen (secondary N) is 2. The van der Waals surface area contributed by atoms with Gasteiger partial charge in [0.05, 0.1) is 17.0 Å². The first-order valence-corrected chi connectivity index (χ1v) is 8.16. The molecule has 0 radical (unpaired) electrons. The van der Waals surface area contributed by atoms with Crippen molar-refractivity contribution >= 4 is 22.9 Å². The molecule has 0 aliphatic carbocycles. The Morgan fingerprint density at radius 1 is 1.50 bits per heavy atom. The smallest absolute Gasteiger partial charge is 0.224 e. The Labute approximate surface area is 131 Å². The van der Waals surface area contributed by atoms with Crippen LogP contribution in [0.2, 0.25) is 0 Å². The fraction of sp³-hybridized carbons (Fsp3) is 0.529. The number of H-pyrrole nitrogens is 1. The van der Waals surface area contributed by atoms with Gasteiger partial charge in [0.15, 0.2) is 0 Å². The van der Waals surface area contributed by atoms with Crippen molar-refractivity contribution in [3.8, 4) is 0 Å². The van der Waals surface area contributed by atoms with Gasteiger partial charge in [-0.25, -0.2) is 4.98 Å². The zero-order valence-electron chi connectivity index (χ0n) is 13.4. The minimum Gasteiger partial charge on any atom is -0.356 e. The van der Waals surface area contributed by atoms with E-state index in [1.165, 1.54) is 5.56 Å². The van der Waals surface area contributed by atoms with E-state index >= 15 is 0 Å². The second-order valence-electron chi connectivity index (χ2n) is 6.16. The number of hydrogen-bond acceptors (Lipinski definition) is 3. The van der Waals surface area contributed by atoms with Gasteiger partial charge in [-0.1, -0.05) is 13.0 Å². The molecule has 0 saturated carbocycles. The van der Waals surface area contributed by atoms with Crippen LogP contribution in [0.25, 0.3) is 11.0 Å². The molecule has 1 aromatic carbocycles. The maximum atomic E-state index is 12.2. The fourth-order valence-corrected chi connectivity index (χ4v) is 3.04. The van der Waals surface area contributed by atoms with Crippen LogP contribution in [0.1, 0.15) is 31.7 Å². The number of carbonyl (C=O) groups excluding carboxylic acids is 1. The van der Waals surface area contributed by atoms with E-state index in [1.807, 2.05) is 6.07 Å². The van der Waals surface area contributed by atoms with Gasteiger partial charge in [-0.15, -0.1) is 0 Å². The average molecular weight is 300 g/mol. The van der Waals surface area contributed by atoms with Crippen LogP contribution in [0.4, 0.5) is 5.95 Å². The van der Waals surface area contributed by atoms with E-state index in [2.05, 4.69) is 46.2 Å². The summed E-state index contributed by atoms with van der Waals surface area (Å²) in [6.07, 6.45) is 2.97. The van der Waals surface area contributed by atoms with E-state index in [9.17, 15) is 4.79 Å². The highest BCUT2D eigenvalue weighted by molar-refractivity contribution is 5.80. The third-order valence-corrected chi connectivity index (χ3v) is 4.27. The Bertz CT molecular complexity index is 664. The number of piperidine rings is 1. The van der Waals surface area contributed by atoms with Crippen LogP contribution >= 0.6 is 0 Å². The number of aryl methyl sites for hydroxylation is 1. The van der Waals surface area contributed by atoms with Crippen molar-refractivity contribution in [1.29, 1.82) is 0 Å². The Kier molecular flexibility index (Phi) is 4.32. The van der Waals surface area contributed by atoms with Gasteiger partial charge in [0, 0.05) is 19.6 Å². The molecule has 1 aliphatic heterocycles. The van der Waals surface area contributed by atoms with Crippen LogP contribution in [0.3, 0.4) is 0 Å². The van der Waals surface area contributed by atoms with Gasteiger partial charge >= 0.3 is 0 Å². The lowest BCUT2D eigenvalue weighted by Crippen LogP contribution is -2.43. The van der Waals surface area contributed by atoms with E-state index in [1.54, 1.807) is 0 Å². The van der Waals surface area contributed by atoms with E-state index < -0.39 is 0 Å². The SMILES string of the molecule is CCCNC(=O)C1CCCN(c2nc3ccc(C)cc3[nH]2)C1. The fourth-order valence-electron chi connectivity index (χ4n) is 3.04. The summed E-state index contributed by atoms with van der Waals surface area (Å²) in [4.78, 5) is 22.4. The summed E-state index contributed by atoms with van der Waals surface area (Å²) in [6.45, 7) is 6.61. The van der Waals surface area contributed by atoms with E-state index in [0.29, 0.717) is 0 Å². The molecule has 2 N–H and O–H groups in total. The van der Waals surface area contributed by atoms with Crippen LogP contribution in [0.5, 0.6) is 0 Å². The number of hydrogen-bond donors (Lipinski definition) is 2. The van der Waals surface area contributed by atoms with Crippen LogP contribution < -0.4 is 10.2 Å². The first kappa shape index (κ1) is 14.9. The summed E-state index contributed by atoms with van der Waals surface area (Å²) in [5, 5.41) is 3.01. The summed E-state index contributed by atoms with van der Waals surface area (Å²) in [5.74, 6) is 1.13. The maximum Gasteiger partial charge on any atom is 0.224 e. The third-order valence-electron chi connectivity index (χ3n) is 4.27. The Balaban J connectivity index is 1.74. The molecular weight excluding hydrogens is 276 g/mol. The molecule has 0 spiro atoms. The molecule has 1 unspecified atom stereocenters. The topological polar surface area (TPSA) is 61.0 Å². The number of carbonyl (C=O) groups is 1. The Morgan fingerprint density at radius 3 is 3.18 bits per heavy atom. The summed E-state index contributed by atoms with van der Waals surface area (Å²) in [7, 11) is 0. The summed E-state index contributed by atoms with van der Waals surface area (Å²) < 4.78 is 0. The quantitative estimate of drug-likeness (QED) is 0.912. The molecule has 2 heterocycles. The number of rotatable bonds is 4. The zero-order chi connectivity index (χ0) is 15.5. The lowest BCUT2D eigenvalue weighted by molar-refractivity contribution is -0.125. The summed E-state index contributed by atoms with van der Waals surface area (Å²) in [5.41, 5.74) is 3.27. The second-order valence-corrected chi connectivity index (χ2v) is 6.16. The molecule has 1 aliphatic rings. The number of benzene rings is 1. The van der Waals surface area contributed by atoms with Gasteiger partial charge in [-0.3, -0.25) is 4.79 Å². The molecule has 5 nitrogen and oxygen atoms in total. The minimum atomic E-state index is 0.0650. The predicted molar refractivity (Wildman–Crippen MR) is 89.1 cm³/mol. The molecule has 1 amide bonds. The molecule has 1 fully saturated rings. The van der Waals surface area contributed by atoms with Gasteiger partial charge in [0.25, 0.3) is 0 Å². The number of amides is 1. The highest BCUT2D eigenvalue weighted by Crippen LogP contribution is 2.24. The average Bonchev–Trinajstić information content (AvgIpc) is 2.95. The lowest BCUT2D eigenvalue weighted by atomic mass is 9.97. The number of aromatic amines is 1. The van der Waals surface area contributed by atoms with Gasteiger partial charge in [0.2, 0.25) is 11.9 Å². The molecule has 0 bridgehead atoms. The van der Waals surface area contributed by atoms with Crippen molar-refractivity contribution in [2.75, 3.05) is 24.5 Å². The van der Waals surface area contributed by atoms with Crippen LogP contribution in [0, 0.1) is 12.8 Å². The molecule has 1 saturated heterocycles. The van der Waals surface area contributed by atoms with Crippen molar-refractivity contribution in [3.05, 3.63) is 23.8 Å². The number of imidazole rings is 1. The largest absolute Gasteiger partial charge is 0.356 e. The number of aromatic nitrogens is 2. The molecular formula is C17H24N4O. The molecule has 1 aromatic heterocycles. The van der Waals surface area contributed by atoms with E-state index in [0.717, 1.165) is 55.9 Å². The Hall–Kier alpha value is -2.04. The first-order chi connectivity index (χ1) is 10.7. The molecule has 118 valence electrons. The highest BCUT2D eigenvalue weighted by atomic mass is 16.1.